The average Bonchev–Trinajstić information content (AvgIpc) is 2.81. The standard InChI is InChI=1S/C13H15NO4/c1-4-13(2,17-3)12-14-10-8(11(15)16)6-5-7-9(10)18-12/h5-7H,4H2,1-3H3,(H,15,16). The molecule has 1 unspecified atom stereocenters. The third kappa shape index (κ3) is 1.86. The summed E-state index contributed by atoms with van der Waals surface area (Å²) >= 11 is 0. The Bertz CT molecular complexity index is 584. The van der Waals surface area contributed by atoms with Crippen molar-refractivity contribution in [2.24, 2.45) is 0 Å². The zero-order valence-corrected chi connectivity index (χ0v) is 10.6. The van der Waals surface area contributed by atoms with Crippen LogP contribution in [0.15, 0.2) is 22.6 Å². The number of carboxylic acid groups (broad SMARTS) is 1. The molecule has 1 N–H and O–H groups in total. The highest BCUT2D eigenvalue weighted by molar-refractivity contribution is 6.00. The first kappa shape index (κ1) is 12.6. The fraction of sp³-hybridized carbons (Fsp3) is 0.385. The van der Waals surface area contributed by atoms with E-state index in [1.165, 1.54) is 6.07 Å². The normalized spacial score (nSPS) is 14.6. The minimum Gasteiger partial charge on any atom is -0.478 e. The summed E-state index contributed by atoms with van der Waals surface area (Å²) in [4.78, 5) is 15.4. The van der Waals surface area contributed by atoms with Crippen LogP contribution in [0.25, 0.3) is 11.1 Å². The van der Waals surface area contributed by atoms with Crippen molar-refractivity contribution < 1.29 is 19.1 Å². The van der Waals surface area contributed by atoms with Gasteiger partial charge in [0.25, 0.3) is 0 Å². The van der Waals surface area contributed by atoms with E-state index in [1.54, 1.807) is 19.2 Å². The Labute approximate surface area is 104 Å². The maximum absolute atomic E-state index is 11.1. The van der Waals surface area contributed by atoms with Gasteiger partial charge in [0.1, 0.15) is 11.1 Å². The molecule has 1 aromatic carbocycles. The van der Waals surface area contributed by atoms with E-state index >= 15 is 0 Å². The second-order valence-corrected chi connectivity index (χ2v) is 4.27. The minimum absolute atomic E-state index is 0.136. The van der Waals surface area contributed by atoms with E-state index in [4.69, 9.17) is 14.3 Å². The van der Waals surface area contributed by atoms with E-state index in [9.17, 15) is 4.79 Å². The number of rotatable bonds is 4. The third-order valence-electron chi connectivity index (χ3n) is 3.23. The van der Waals surface area contributed by atoms with Gasteiger partial charge >= 0.3 is 5.97 Å². The number of carboxylic acids is 1. The molecule has 96 valence electrons. The summed E-state index contributed by atoms with van der Waals surface area (Å²) in [5.41, 5.74) is 0.310. The largest absolute Gasteiger partial charge is 0.478 e. The molecule has 0 aliphatic rings. The number of hydrogen-bond donors (Lipinski definition) is 1. The Morgan fingerprint density at radius 1 is 1.56 bits per heavy atom. The highest BCUT2D eigenvalue weighted by Crippen LogP contribution is 2.31. The Morgan fingerprint density at radius 2 is 2.28 bits per heavy atom. The van der Waals surface area contributed by atoms with Gasteiger partial charge in [0, 0.05) is 7.11 Å². The van der Waals surface area contributed by atoms with Crippen molar-refractivity contribution >= 4 is 17.1 Å². The maximum Gasteiger partial charge on any atom is 0.338 e. The molecule has 1 atom stereocenters. The number of carbonyl (C=O) groups is 1. The highest BCUT2D eigenvalue weighted by Gasteiger charge is 2.30. The van der Waals surface area contributed by atoms with E-state index in [2.05, 4.69) is 4.98 Å². The number of methoxy groups -OCH3 is 1. The van der Waals surface area contributed by atoms with Crippen molar-refractivity contribution in [2.45, 2.75) is 25.9 Å². The number of aromatic nitrogens is 1. The molecule has 0 saturated heterocycles. The number of nitrogens with zero attached hydrogens (tertiary/aromatic N) is 1. The van der Waals surface area contributed by atoms with Crippen molar-refractivity contribution in [3.8, 4) is 0 Å². The first-order chi connectivity index (χ1) is 8.51. The van der Waals surface area contributed by atoms with Crippen LogP contribution in [0, 0.1) is 0 Å². The molecule has 1 aromatic heterocycles. The molecule has 2 aromatic rings. The molecule has 0 aliphatic heterocycles. The first-order valence-electron chi connectivity index (χ1n) is 5.70. The van der Waals surface area contributed by atoms with Gasteiger partial charge in [-0.2, -0.15) is 0 Å². The number of fused-ring (bicyclic) bond motifs is 1. The predicted molar refractivity (Wildman–Crippen MR) is 65.6 cm³/mol. The van der Waals surface area contributed by atoms with Crippen molar-refractivity contribution in [1.29, 1.82) is 0 Å². The second kappa shape index (κ2) is 4.42. The topological polar surface area (TPSA) is 72.6 Å². The molecule has 0 radical (unpaired) electrons. The molecule has 1 heterocycles. The zero-order chi connectivity index (χ0) is 13.3. The fourth-order valence-electron chi connectivity index (χ4n) is 1.73. The van der Waals surface area contributed by atoms with E-state index in [0.717, 1.165) is 0 Å². The fourth-order valence-corrected chi connectivity index (χ4v) is 1.73. The monoisotopic (exact) mass is 249 g/mol. The molecule has 0 spiro atoms. The quantitative estimate of drug-likeness (QED) is 0.901. The number of hydrogen-bond acceptors (Lipinski definition) is 4. The van der Waals surface area contributed by atoms with Crippen LogP contribution in [0.4, 0.5) is 0 Å². The lowest BCUT2D eigenvalue weighted by Crippen LogP contribution is -2.23. The number of oxazole rings is 1. The van der Waals surface area contributed by atoms with Crippen LogP contribution in [-0.2, 0) is 10.3 Å². The summed E-state index contributed by atoms with van der Waals surface area (Å²) in [6, 6.07) is 4.84. The van der Waals surface area contributed by atoms with Gasteiger partial charge in [0.2, 0.25) is 5.89 Å². The summed E-state index contributed by atoms with van der Waals surface area (Å²) in [6.07, 6.45) is 0.679. The predicted octanol–water partition coefficient (Wildman–Crippen LogP) is 2.80. The van der Waals surface area contributed by atoms with Gasteiger partial charge in [-0.1, -0.05) is 13.0 Å². The molecule has 18 heavy (non-hydrogen) atoms. The van der Waals surface area contributed by atoms with Crippen LogP contribution in [0.3, 0.4) is 0 Å². The number of para-hydroxylation sites is 1. The van der Waals surface area contributed by atoms with Crippen molar-refractivity contribution in [1.82, 2.24) is 4.98 Å². The number of ether oxygens (including phenoxy) is 1. The third-order valence-corrected chi connectivity index (χ3v) is 3.23. The average molecular weight is 249 g/mol. The van der Waals surface area contributed by atoms with Crippen LogP contribution in [0.5, 0.6) is 0 Å². The summed E-state index contributed by atoms with van der Waals surface area (Å²) in [5.74, 6) is -0.618. The van der Waals surface area contributed by atoms with Gasteiger partial charge in [0.15, 0.2) is 5.58 Å². The summed E-state index contributed by atoms with van der Waals surface area (Å²) < 4.78 is 11.0. The van der Waals surface area contributed by atoms with Gasteiger partial charge in [-0.15, -0.1) is 0 Å². The summed E-state index contributed by atoms with van der Waals surface area (Å²) in [7, 11) is 1.58. The van der Waals surface area contributed by atoms with Gasteiger partial charge in [-0.3, -0.25) is 0 Å². The number of benzene rings is 1. The molecule has 0 bridgehead atoms. The molecule has 5 nitrogen and oxygen atoms in total. The van der Waals surface area contributed by atoms with Gasteiger partial charge in [-0.05, 0) is 25.5 Å². The van der Waals surface area contributed by atoms with Crippen LogP contribution < -0.4 is 0 Å². The van der Waals surface area contributed by atoms with Gasteiger partial charge in [-0.25, -0.2) is 9.78 Å². The smallest absolute Gasteiger partial charge is 0.338 e. The Hall–Kier alpha value is -1.88. The van der Waals surface area contributed by atoms with Crippen LogP contribution in [0.1, 0.15) is 36.5 Å². The maximum atomic E-state index is 11.1. The highest BCUT2D eigenvalue weighted by atomic mass is 16.5. The molecular formula is C13H15NO4. The SMILES string of the molecule is CCC(C)(OC)c1nc2c(C(=O)O)cccc2o1. The summed E-state index contributed by atoms with van der Waals surface area (Å²) in [5, 5.41) is 9.10. The summed E-state index contributed by atoms with van der Waals surface area (Å²) in [6.45, 7) is 3.81. The Morgan fingerprint density at radius 3 is 2.83 bits per heavy atom. The van der Waals surface area contributed by atoms with Gasteiger partial charge < -0.3 is 14.3 Å². The van der Waals surface area contributed by atoms with Crippen molar-refractivity contribution in [3.05, 3.63) is 29.7 Å². The first-order valence-corrected chi connectivity index (χ1v) is 5.70. The molecule has 0 amide bonds. The van der Waals surface area contributed by atoms with E-state index < -0.39 is 11.6 Å². The molecule has 0 aliphatic carbocycles. The lowest BCUT2D eigenvalue weighted by Gasteiger charge is -2.22. The molecular weight excluding hydrogens is 234 g/mol. The van der Waals surface area contributed by atoms with E-state index in [1.807, 2.05) is 13.8 Å². The Kier molecular flexibility index (Phi) is 3.09. The van der Waals surface area contributed by atoms with Crippen LogP contribution >= 0.6 is 0 Å². The molecule has 0 fully saturated rings. The molecule has 5 heteroatoms. The van der Waals surface area contributed by atoms with Crippen molar-refractivity contribution in [3.63, 3.8) is 0 Å². The van der Waals surface area contributed by atoms with E-state index in [-0.39, 0.29) is 5.56 Å². The van der Waals surface area contributed by atoms with Crippen LogP contribution in [-0.4, -0.2) is 23.2 Å². The Balaban J connectivity index is 2.64. The van der Waals surface area contributed by atoms with E-state index in [0.29, 0.717) is 23.4 Å². The second-order valence-electron chi connectivity index (χ2n) is 4.27. The van der Waals surface area contributed by atoms with Crippen LogP contribution in [0.2, 0.25) is 0 Å². The lowest BCUT2D eigenvalue weighted by molar-refractivity contribution is -0.0222. The number of aromatic carboxylic acids is 1. The van der Waals surface area contributed by atoms with Crippen molar-refractivity contribution in [2.75, 3.05) is 7.11 Å². The zero-order valence-electron chi connectivity index (χ0n) is 10.6. The lowest BCUT2D eigenvalue weighted by atomic mass is 10.0. The molecule has 0 saturated carbocycles. The van der Waals surface area contributed by atoms with Gasteiger partial charge in [0.05, 0.1) is 5.56 Å². The molecule has 2 rings (SSSR count). The minimum atomic E-state index is -1.02.